The lowest BCUT2D eigenvalue weighted by atomic mass is 10.0. The molecule has 0 spiro atoms. The van der Waals surface area contributed by atoms with Crippen LogP contribution in [0.1, 0.15) is 5.56 Å². The number of nitrogens with one attached hydrogen (secondary N) is 1. The molecular formula is C17H14ClFN4O2S. The number of aryl methyl sites for hydroxylation is 1. The van der Waals surface area contributed by atoms with Crippen LogP contribution in [0.15, 0.2) is 53.6 Å². The molecule has 9 heteroatoms. The summed E-state index contributed by atoms with van der Waals surface area (Å²) in [5.74, 6) is -0.321. The van der Waals surface area contributed by atoms with Crippen molar-refractivity contribution in [1.29, 1.82) is 0 Å². The van der Waals surface area contributed by atoms with E-state index in [1.165, 1.54) is 42.6 Å². The summed E-state index contributed by atoms with van der Waals surface area (Å²) in [5.41, 5.74) is 7.03. The highest BCUT2D eigenvalue weighted by molar-refractivity contribution is 7.92. The molecule has 0 amide bonds. The zero-order valence-electron chi connectivity index (χ0n) is 13.6. The van der Waals surface area contributed by atoms with Gasteiger partial charge in [-0.25, -0.2) is 22.8 Å². The molecule has 0 fully saturated rings. The van der Waals surface area contributed by atoms with E-state index in [1.54, 1.807) is 13.0 Å². The molecular weight excluding hydrogens is 379 g/mol. The van der Waals surface area contributed by atoms with E-state index in [-0.39, 0.29) is 27.2 Å². The van der Waals surface area contributed by atoms with E-state index < -0.39 is 15.8 Å². The minimum atomic E-state index is -3.92. The second-order valence-corrected chi connectivity index (χ2v) is 7.60. The average Bonchev–Trinajstić information content (AvgIpc) is 2.59. The molecule has 3 aromatic rings. The predicted molar refractivity (Wildman–Crippen MR) is 98.8 cm³/mol. The molecule has 0 aliphatic carbocycles. The summed E-state index contributed by atoms with van der Waals surface area (Å²) in [5, 5.41) is 0.273. The number of rotatable bonds is 4. The van der Waals surface area contributed by atoms with Gasteiger partial charge in [-0.15, -0.1) is 0 Å². The van der Waals surface area contributed by atoms with Gasteiger partial charge in [0.05, 0.1) is 15.6 Å². The zero-order chi connectivity index (χ0) is 18.9. The first-order chi connectivity index (χ1) is 12.3. The molecule has 0 aliphatic heterocycles. The topological polar surface area (TPSA) is 98.0 Å². The summed E-state index contributed by atoms with van der Waals surface area (Å²) in [6, 6.07) is 9.68. The number of anilines is 2. The van der Waals surface area contributed by atoms with Crippen LogP contribution in [-0.2, 0) is 10.0 Å². The minimum absolute atomic E-state index is 0.0449. The molecule has 3 N–H and O–H groups in total. The van der Waals surface area contributed by atoms with E-state index in [0.29, 0.717) is 5.56 Å². The van der Waals surface area contributed by atoms with Crippen molar-refractivity contribution in [2.45, 2.75) is 11.8 Å². The predicted octanol–water partition coefficient (Wildman–Crippen LogP) is 3.63. The van der Waals surface area contributed by atoms with Gasteiger partial charge in [-0.2, -0.15) is 0 Å². The number of nitrogens with zero attached hydrogens (tertiary/aromatic N) is 2. The Bertz CT molecular complexity index is 1090. The second kappa shape index (κ2) is 6.89. The van der Waals surface area contributed by atoms with Crippen molar-refractivity contribution in [3.8, 4) is 11.3 Å². The number of hydrogen-bond donors (Lipinski definition) is 2. The fourth-order valence-corrected chi connectivity index (χ4v) is 3.56. The molecule has 134 valence electrons. The number of sulfonamides is 1. The van der Waals surface area contributed by atoms with Crippen LogP contribution in [0.5, 0.6) is 0 Å². The van der Waals surface area contributed by atoms with Gasteiger partial charge in [0.1, 0.15) is 17.5 Å². The third-order valence-corrected chi connectivity index (χ3v) is 5.26. The van der Waals surface area contributed by atoms with E-state index in [9.17, 15) is 12.8 Å². The van der Waals surface area contributed by atoms with Gasteiger partial charge in [0.2, 0.25) is 0 Å². The quantitative estimate of drug-likeness (QED) is 0.706. The molecule has 0 atom stereocenters. The summed E-state index contributed by atoms with van der Waals surface area (Å²) in [4.78, 5) is 7.95. The Morgan fingerprint density at radius 3 is 2.65 bits per heavy atom. The molecule has 1 aromatic carbocycles. The Labute approximate surface area is 154 Å². The first-order valence-corrected chi connectivity index (χ1v) is 9.30. The molecule has 6 nitrogen and oxygen atoms in total. The number of aromatic nitrogens is 2. The van der Waals surface area contributed by atoms with Crippen molar-refractivity contribution < 1.29 is 12.8 Å². The summed E-state index contributed by atoms with van der Waals surface area (Å²) < 4.78 is 40.9. The monoisotopic (exact) mass is 392 g/mol. The van der Waals surface area contributed by atoms with E-state index in [4.69, 9.17) is 17.3 Å². The molecule has 3 rings (SSSR count). The highest BCUT2D eigenvalue weighted by Crippen LogP contribution is 2.31. The summed E-state index contributed by atoms with van der Waals surface area (Å²) in [7, 11) is -3.92. The standard InChI is InChI=1S/C17H14ClFN4O2S/c1-10-2-3-11(19)8-13(10)17-14(18)4-5-16(22-17)23-26(24,25)12-6-7-21-15(20)9-12/h2-9H,1H3,(H2,20,21)(H,22,23). The highest BCUT2D eigenvalue weighted by atomic mass is 35.5. The fraction of sp³-hybridized carbons (Fsp3) is 0.0588. The molecule has 0 saturated heterocycles. The van der Waals surface area contributed by atoms with Crippen molar-refractivity contribution in [3.63, 3.8) is 0 Å². The van der Waals surface area contributed by atoms with Crippen molar-refractivity contribution >= 4 is 33.3 Å². The normalized spacial score (nSPS) is 11.3. The lowest BCUT2D eigenvalue weighted by molar-refractivity contribution is 0.601. The van der Waals surface area contributed by atoms with E-state index in [2.05, 4.69) is 14.7 Å². The van der Waals surface area contributed by atoms with Gasteiger partial charge >= 0.3 is 0 Å². The summed E-state index contributed by atoms with van der Waals surface area (Å²) in [6.45, 7) is 1.78. The van der Waals surface area contributed by atoms with Gasteiger partial charge in [0.15, 0.2) is 0 Å². The van der Waals surface area contributed by atoms with E-state index in [0.717, 1.165) is 5.56 Å². The molecule has 0 aliphatic rings. The van der Waals surface area contributed by atoms with E-state index in [1.807, 2.05) is 0 Å². The van der Waals surface area contributed by atoms with Gasteiger partial charge < -0.3 is 5.73 Å². The number of hydrogen-bond acceptors (Lipinski definition) is 5. The number of halogens is 2. The van der Waals surface area contributed by atoms with Crippen LogP contribution in [0.25, 0.3) is 11.3 Å². The Hall–Kier alpha value is -2.71. The van der Waals surface area contributed by atoms with Crippen LogP contribution in [0.4, 0.5) is 16.0 Å². The van der Waals surface area contributed by atoms with Crippen molar-refractivity contribution in [2.24, 2.45) is 0 Å². The molecule has 2 aromatic heterocycles. The number of pyridine rings is 2. The Morgan fingerprint density at radius 2 is 1.92 bits per heavy atom. The van der Waals surface area contributed by atoms with Gasteiger partial charge in [-0.3, -0.25) is 4.72 Å². The molecule has 0 unspecified atom stereocenters. The van der Waals surface area contributed by atoms with Crippen LogP contribution in [-0.4, -0.2) is 18.4 Å². The largest absolute Gasteiger partial charge is 0.384 e. The summed E-state index contributed by atoms with van der Waals surface area (Å²) in [6.07, 6.45) is 1.29. The van der Waals surface area contributed by atoms with Gasteiger partial charge in [0.25, 0.3) is 10.0 Å². The minimum Gasteiger partial charge on any atom is -0.384 e. The average molecular weight is 393 g/mol. The highest BCUT2D eigenvalue weighted by Gasteiger charge is 2.17. The molecule has 0 radical (unpaired) electrons. The van der Waals surface area contributed by atoms with Gasteiger partial charge in [0, 0.05) is 17.8 Å². The Morgan fingerprint density at radius 1 is 1.15 bits per heavy atom. The van der Waals surface area contributed by atoms with Crippen molar-refractivity contribution in [1.82, 2.24) is 9.97 Å². The fourth-order valence-electron chi connectivity index (χ4n) is 2.33. The van der Waals surface area contributed by atoms with Gasteiger partial charge in [-0.05, 0) is 42.8 Å². The first-order valence-electron chi connectivity index (χ1n) is 7.44. The lowest BCUT2D eigenvalue weighted by Crippen LogP contribution is -2.14. The molecule has 2 heterocycles. The van der Waals surface area contributed by atoms with Crippen LogP contribution in [0.3, 0.4) is 0 Å². The smallest absolute Gasteiger partial charge is 0.263 e. The lowest BCUT2D eigenvalue weighted by Gasteiger charge is -2.12. The zero-order valence-corrected chi connectivity index (χ0v) is 15.1. The van der Waals surface area contributed by atoms with Gasteiger partial charge in [-0.1, -0.05) is 17.7 Å². The van der Waals surface area contributed by atoms with Crippen molar-refractivity contribution in [3.05, 3.63) is 65.1 Å². The third-order valence-electron chi connectivity index (χ3n) is 3.60. The Balaban J connectivity index is 2.02. The maximum Gasteiger partial charge on any atom is 0.263 e. The third kappa shape index (κ3) is 3.76. The number of nitrogens with two attached hydrogens (primary N) is 1. The SMILES string of the molecule is Cc1ccc(F)cc1-c1nc(NS(=O)(=O)c2ccnc(N)c2)ccc1Cl. The van der Waals surface area contributed by atoms with Crippen LogP contribution >= 0.6 is 11.6 Å². The van der Waals surface area contributed by atoms with Crippen LogP contribution in [0, 0.1) is 12.7 Å². The first kappa shape index (κ1) is 18.1. The maximum absolute atomic E-state index is 13.6. The van der Waals surface area contributed by atoms with E-state index >= 15 is 0 Å². The number of nitrogen functional groups attached to an aromatic ring is 1. The van der Waals surface area contributed by atoms with Crippen molar-refractivity contribution in [2.75, 3.05) is 10.5 Å². The maximum atomic E-state index is 13.6. The molecule has 0 bridgehead atoms. The molecule has 0 saturated carbocycles. The van der Waals surface area contributed by atoms with Crippen LogP contribution in [0.2, 0.25) is 5.02 Å². The second-order valence-electron chi connectivity index (χ2n) is 5.51. The number of benzene rings is 1. The Kier molecular flexibility index (Phi) is 4.80. The van der Waals surface area contributed by atoms with Crippen LogP contribution < -0.4 is 10.5 Å². The summed E-state index contributed by atoms with van der Waals surface area (Å²) >= 11 is 6.18. The molecule has 26 heavy (non-hydrogen) atoms.